The van der Waals surface area contributed by atoms with Crippen LogP contribution in [0, 0.1) is 11.3 Å². The zero-order valence-electron chi connectivity index (χ0n) is 29.1. The Bertz CT molecular complexity index is 1600. The van der Waals surface area contributed by atoms with Gasteiger partial charge in [0.2, 0.25) is 0 Å². The van der Waals surface area contributed by atoms with Gasteiger partial charge in [-0.3, -0.25) is 0 Å². The first kappa shape index (κ1) is 36.7. The van der Waals surface area contributed by atoms with E-state index in [0.29, 0.717) is 30.9 Å². The third-order valence-electron chi connectivity index (χ3n) is 7.72. The predicted molar refractivity (Wildman–Crippen MR) is 182 cm³/mol. The van der Waals surface area contributed by atoms with E-state index in [1.54, 1.807) is 42.7 Å². The number of ether oxygens (including phenoxy) is 7. The molecule has 3 aromatic carbocycles. The first-order chi connectivity index (χ1) is 22.5. The van der Waals surface area contributed by atoms with E-state index >= 15 is 0 Å². The highest BCUT2D eigenvalue weighted by Crippen LogP contribution is 2.40. The van der Waals surface area contributed by atoms with Crippen LogP contribution in [0.3, 0.4) is 0 Å². The number of nitriles is 1. The average Bonchev–Trinajstić information content (AvgIpc) is 3.06. The van der Waals surface area contributed by atoms with Crippen LogP contribution in [0.25, 0.3) is 10.8 Å². The minimum absolute atomic E-state index is 0.385. The van der Waals surface area contributed by atoms with Gasteiger partial charge in [0.1, 0.15) is 11.4 Å². The molecule has 1 N–H and O–H groups in total. The zero-order valence-corrected chi connectivity index (χ0v) is 29.1. The van der Waals surface area contributed by atoms with Gasteiger partial charge in [0.25, 0.3) is 0 Å². The Morgan fingerprint density at radius 1 is 0.809 bits per heavy atom. The van der Waals surface area contributed by atoms with Gasteiger partial charge in [-0.25, -0.2) is 4.79 Å². The molecule has 0 aromatic heterocycles. The molecule has 254 valence electrons. The Morgan fingerprint density at radius 2 is 1.47 bits per heavy atom. The van der Waals surface area contributed by atoms with E-state index in [1.807, 2.05) is 51.1 Å². The number of methoxy groups -OCH3 is 6. The maximum absolute atomic E-state index is 11.7. The first-order valence-electron chi connectivity index (χ1n) is 15.6. The SMILES string of the molecule is COC1=C(CCCNC(=O)OC(C)(C)C)Cc2c(ccc(OC)c2OC)C1.COc1cc2ccc(OC)c(OC)c2cc1CCC#N. The molecule has 0 fully saturated rings. The monoisotopic (exact) mass is 648 g/mol. The lowest BCUT2D eigenvalue weighted by Gasteiger charge is -2.25. The maximum atomic E-state index is 11.7. The quantitative estimate of drug-likeness (QED) is 0.202. The summed E-state index contributed by atoms with van der Waals surface area (Å²) in [5, 5.41) is 13.5. The Labute approximate surface area is 278 Å². The molecule has 0 atom stereocenters. The van der Waals surface area contributed by atoms with E-state index in [-0.39, 0.29) is 6.09 Å². The normalized spacial score (nSPS) is 12.2. The number of rotatable bonds is 12. The number of benzene rings is 3. The number of alkyl carbamates (subject to hydrolysis) is 1. The average molecular weight is 649 g/mol. The third-order valence-corrected chi connectivity index (χ3v) is 7.72. The van der Waals surface area contributed by atoms with Gasteiger partial charge in [-0.2, -0.15) is 5.26 Å². The van der Waals surface area contributed by atoms with E-state index in [0.717, 1.165) is 70.6 Å². The molecular formula is C37H48N2O8. The lowest BCUT2D eigenvalue weighted by molar-refractivity contribution is 0.0527. The number of hydrogen-bond donors (Lipinski definition) is 1. The van der Waals surface area contributed by atoms with Crippen LogP contribution in [0.1, 0.15) is 56.7 Å². The molecule has 1 aliphatic carbocycles. The summed E-state index contributed by atoms with van der Waals surface area (Å²) < 4.78 is 38.1. The second kappa shape index (κ2) is 17.2. The van der Waals surface area contributed by atoms with Crippen molar-refractivity contribution in [3.05, 3.63) is 64.4 Å². The fraction of sp³-hybridized carbons (Fsp3) is 0.459. The van der Waals surface area contributed by atoms with Crippen LogP contribution in [0.2, 0.25) is 0 Å². The predicted octanol–water partition coefficient (Wildman–Crippen LogP) is 7.33. The van der Waals surface area contributed by atoms with E-state index in [9.17, 15) is 4.79 Å². The van der Waals surface area contributed by atoms with Crippen LogP contribution >= 0.6 is 0 Å². The summed E-state index contributed by atoms with van der Waals surface area (Å²) in [6.07, 6.45) is 3.85. The summed E-state index contributed by atoms with van der Waals surface area (Å²) in [5.41, 5.74) is 4.07. The summed E-state index contributed by atoms with van der Waals surface area (Å²) in [7, 11) is 9.89. The maximum Gasteiger partial charge on any atom is 0.407 e. The second-order valence-electron chi connectivity index (χ2n) is 11.9. The molecule has 10 heteroatoms. The Morgan fingerprint density at radius 3 is 2.06 bits per heavy atom. The lowest BCUT2D eigenvalue weighted by Crippen LogP contribution is -2.33. The number of nitrogens with one attached hydrogen (secondary N) is 1. The van der Waals surface area contributed by atoms with Crippen molar-refractivity contribution in [1.82, 2.24) is 5.32 Å². The van der Waals surface area contributed by atoms with E-state index in [4.69, 9.17) is 38.4 Å². The molecule has 0 spiro atoms. The van der Waals surface area contributed by atoms with Crippen molar-refractivity contribution in [3.8, 4) is 34.8 Å². The summed E-state index contributed by atoms with van der Waals surface area (Å²) >= 11 is 0. The Kier molecular flexibility index (Phi) is 13.4. The number of aryl methyl sites for hydroxylation is 1. The molecule has 0 bridgehead atoms. The van der Waals surface area contributed by atoms with Crippen molar-refractivity contribution in [2.75, 3.05) is 49.2 Å². The zero-order chi connectivity index (χ0) is 34.6. The minimum atomic E-state index is -0.488. The van der Waals surface area contributed by atoms with Crippen LogP contribution in [0.5, 0.6) is 28.7 Å². The third kappa shape index (κ3) is 9.61. The number of fused-ring (bicyclic) bond motifs is 2. The highest BCUT2D eigenvalue weighted by atomic mass is 16.6. The molecule has 0 saturated heterocycles. The molecule has 0 aliphatic heterocycles. The highest BCUT2D eigenvalue weighted by Gasteiger charge is 2.24. The summed E-state index contributed by atoms with van der Waals surface area (Å²) in [4.78, 5) is 11.7. The summed E-state index contributed by atoms with van der Waals surface area (Å²) in [6.45, 7) is 6.10. The fourth-order valence-electron chi connectivity index (χ4n) is 5.55. The number of carbonyl (C=O) groups excluding carboxylic acids is 1. The summed E-state index contributed by atoms with van der Waals surface area (Å²) in [6, 6.07) is 14.0. The molecular weight excluding hydrogens is 600 g/mol. The van der Waals surface area contributed by atoms with Gasteiger partial charge in [-0.1, -0.05) is 12.1 Å². The number of hydrogen-bond acceptors (Lipinski definition) is 9. The van der Waals surface area contributed by atoms with Crippen molar-refractivity contribution in [2.24, 2.45) is 0 Å². The minimum Gasteiger partial charge on any atom is -0.501 e. The van der Waals surface area contributed by atoms with Crippen LogP contribution in [0.15, 0.2) is 47.7 Å². The van der Waals surface area contributed by atoms with Gasteiger partial charge in [-0.05, 0) is 86.4 Å². The molecule has 3 aromatic rings. The number of allylic oxidation sites excluding steroid dienone is 2. The standard InChI is InChI=1S/C21H31NO5.C16H17NO3/c1-21(2,3)27-20(23)22-11-7-8-15-12-16-14(13-18(15)25-5)9-10-17(24-4)19(16)26-6;1-18-14-7-6-11-10-15(19-2)12(5-4-8-17)9-13(11)16(14)20-3/h9-10H,7-8,11-13H2,1-6H3,(H,22,23);6-7,9-10H,4-5H2,1-3H3. The molecule has 0 radical (unpaired) electrons. The van der Waals surface area contributed by atoms with Crippen molar-refractivity contribution >= 4 is 16.9 Å². The van der Waals surface area contributed by atoms with Crippen molar-refractivity contribution in [2.45, 2.75) is 64.9 Å². The van der Waals surface area contributed by atoms with E-state index in [2.05, 4.69) is 17.5 Å². The van der Waals surface area contributed by atoms with Gasteiger partial charge in [-0.15, -0.1) is 0 Å². The highest BCUT2D eigenvalue weighted by molar-refractivity contribution is 5.92. The smallest absolute Gasteiger partial charge is 0.407 e. The van der Waals surface area contributed by atoms with Crippen LogP contribution < -0.4 is 29.0 Å². The van der Waals surface area contributed by atoms with Crippen LogP contribution in [-0.4, -0.2) is 60.9 Å². The molecule has 4 rings (SSSR count). The van der Waals surface area contributed by atoms with E-state index < -0.39 is 5.60 Å². The molecule has 10 nitrogen and oxygen atoms in total. The molecule has 1 amide bonds. The van der Waals surface area contributed by atoms with Gasteiger partial charge < -0.3 is 38.5 Å². The molecule has 0 saturated carbocycles. The number of nitrogens with zero attached hydrogens (tertiary/aromatic N) is 1. The van der Waals surface area contributed by atoms with Crippen LogP contribution in [-0.2, 0) is 28.7 Å². The number of carbonyl (C=O) groups is 1. The van der Waals surface area contributed by atoms with Crippen molar-refractivity contribution in [3.63, 3.8) is 0 Å². The van der Waals surface area contributed by atoms with Crippen molar-refractivity contribution in [1.29, 1.82) is 5.26 Å². The molecule has 0 unspecified atom stereocenters. The first-order valence-corrected chi connectivity index (χ1v) is 15.6. The Hall–Kier alpha value is -4.78. The van der Waals surface area contributed by atoms with Gasteiger partial charge in [0.05, 0.1) is 54.5 Å². The lowest BCUT2D eigenvalue weighted by atomic mass is 9.87. The molecule has 0 heterocycles. The topological polar surface area (TPSA) is 118 Å². The summed E-state index contributed by atoms with van der Waals surface area (Å²) in [5.74, 6) is 4.70. The van der Waals surface area contributed by atoms with Gasteiger partial charge in [0.15, 0.2) is 23.0 Å². The number of amides is 1. The van der Waals surface area contributed by atoms with Crippen molar-refractivity contribution < 1.29 is 38.0 Å². The van der Waals surface area contributed by atoms with Crippen LogP contribution in [0.4, 0.5) is 4.79 Å². The Balaban J connectivity index is 0.000000267. The van der Waals surface area contributed by atoms with E-state index in [1.165, 1.54) is 11.1 Å². The molecule has 1 aliphatic rings. The fourth-order valence-corrected chi connectivity index (χ4v) is 5.55. The largest absolute Gasteiger partial charge is 0.501 e. The van der Waals surface area contributed by atoms with Gasteiger partial charge >= 0.3 is 6.09 Å². The van der Waals surface area contributed by atoms with Gasteiger partial charge in [0, 0.05) is 36.8 Å². The molecule has 47 heavy (non-hydrogen) atoms. The second-order valence-corrected chi connectivity index (χ2v) is 11.9.